The summed E-state index contributed by atoms with van der Waals surface area (Å²) in [6.07, 6.45) is 0. The Morgan fingerprint density at radius 3 is 2.64 bits per heavy atom. The molecule has 1 heterocycles. The van der Waals surface area contributed by atoms with Crippen molar-refractivity contribution in [2.24, 2.45) is 0 Å². The van der Waals surface area contributed by atoms with Crippen LogP contribution in [-0.4, -0.2) is 24.5 Å². The first-order valence-electron chi connectivity index (χ1n) is 8.37. The minimum absolute atomic E-state index is 0.0921. The molecule has 3 rings (SSSR count). The van der Waals surface area contributed by atoms with Crippen molar-refractivity contribution in [1.82, 2.24) is 10.3 Å². The first-order valence-corrected chi connectivity index (χ1v) is 8.37. The number of aryl methyl sites for hydroxylation is 1. The van der Waals surface area contributed by atoms with Gasteiger partial charge in [0.2, 0.25) is 0 Å². The number of carbonyl (C=O) groups is 1. The molecule has 3 aromatic rings. The fourth-order valence-corrected chi connectivity index (χ4v) is 2.84. The van der Waals surface area contributed by atoms with E-state index in [4.69, 9.17) is 4.74 Å². The lowest BCUT2D eigenvalue weighted by atomic mass is 10.0. The van der Waals surface area contributed by atoms with E-state index in [0.29, 0.717) is 17.8 Å². The summed E-state index contributed by atoms with van der Waals surface area (Å²) in [7, 11) is 1.63. The van der Waals surface area contributed by atoms with Crippen LogP contribution in [0.1, 0.15) is 34.5 Å². The van der Waals surface area contributed by atoms with Crippen molar-refractivity contribution in [2.45, 2.75) is 19.8 Å². The molecule has 0 saturated carbocycles. The molecule has 0 aliphatic carbocycles. The van der Waals surface area contributed by atoms with Gasteiger partial charge in [-0.05, 0) is 36.6 Å². The van der Waals surface area contributed by atoms with Crippen molar-refractivity contribution in [3.8, 4) is 5.75 Å². The van der Waals surface area contributed by atoms with Gasteiger partial charge in [-0.25, -0.2) is 0 Å². The summed E-state index contributed by atoms with van der Waals surface area (Å²) in [6.45, 7) is 4.55. The highest BCUT2D eigenvalue weighted by molar-refractivity contribution is 5.98. The molecule has 0 saturated heterocycles. The number of hydrogen-bond acceptors (Lipinski definition) is 3. The van der Waals surface area contributed by atoms with Crippen molar-refractivity contribution < 1.29 is 9.53 Å². The average Bonchev–Trinajstić information content (AvgIpc) is 2.65. The summed E-state index contributed by atoms with van der Waals surface area (Å²) in [5.41, 5.74) is 3.36. The van der Waals surface area contributed by atoms with E-state index in [9.17, 15) is 4.79 Å². The van der Waals surface area contributed by atoms with Gasteiger partial charge in [-0.3, -0.25) is 9.78 Å². The molecule has 25 heavy (non-hydrogen) atoms. The number of ether oxygens (including phenoxy) is 1. The van der Waals surface area contributed by atoms with E-state index in [2.05, 4.69) is 29.4 Å². The van der Waals surface area contributed by atoms with Crippen LogP contribution < -0.4 is 10.1 Å². The Bertz CT molecular complexity index is 891. The number of amides is 1. The summed E-state index contributed by atoms with van der Waals surface area (Å²) in [5.74, 6) is 0.918. The Morgan fingerprint density at radius 2 is 1.92 bits per heavy atom. The van der Waals surface area contributed by atoms with Crippen molar-refractivity contribution >= 4 is 16.8 Å². The molecule has 2 aromatic carbocycles. The molecule has 0 aliphatic rings. The van der Waals surface area contributed by atoms with Crippen LogP contribution in [0, 0.1) is 6.92 Å². The lowest BCUT2D eigenvalue weighted by Gasteiger charge is -2.14. The number of nitrogens with zero attached hydrogens (tertiary/aromatic N) is 1. The zero-order valence-electron chi connectivity index (χ0n) is 14.7. The molecule has 0 radical (unpaired) electrons. The van der Waals surface area contributed by atoms with Crippen LogP contribution in [0.3, 0.4) is 0 Å². The van der Waals surface area contributed by atoms with Gasteiger partial charge < -0.3 is 10.1 Å². The molecule has 1 unspecified atom stereocenters. The van der Waals surface area contributed by atoms with E-state index in [1.807, 2.05) is 49.4 Å². The lowest BCUT2D eigenvalue weighted by molar-refractivity contribution is 0.0951. The van der Waals surface area contributed by atoms with E-state index in [1.54, 1.807) is 7.11 Å². The first-order chi connectivity index (χ1) is 12.1. The van der Waals surface area contributed by atoms with Gasteiger partial charge >= 0.3 is 0 Å². The van der Waals surface area contributed by atoms with Crippen LogP contribution in [0.2, 0.25) is 0 Å². The fourth-order valence-electron chi connectivity index (χ4n) is 2.84. The van der Waals surface area contributed by atoms with E-state index in [0.717, 1.165) is 16.7 Å². The lowest BCUT2D eigenvalue weighted by Crippen LogP contribution is -2.28. The topological polar surface area (TPSA) is 51.2 Å². The maximum absolute atomic E-state index is 12.6. The summed E-state index contributed by atoms with van der Waals surface area (Å²) >= 11 is 0. The van der Waals surface area contributed by atoms with Crippen LogP contribution >= 0.6 is 0 Å². The number of fused-ring (bicyclic) bond motifs is 1. The minimum atomic E-state index is -0.0921. The Labute approximate surface area is 147 Å². The molecule has 4 heteroatoms. The van der Waals surface area contributed by atoms with Crippen LogP contribution in [0.4, 0.5) is 0 Å². The average molecular weight is 334 g/mol. The quantitative estimate of drug-likeness (QED) is 0.765. The third-order valence-corrected chi connectivity index (χ3v) is 4.40. The van der Waals surface area contributed by atoms with Crippen LogP contribution in [0.25, 0.3) is 10.9 Å². The van der Waals surface area contributed by atoms with E-state index in [-0.39, 0.29) is 11.8 Å². The Morgan fingerprint density at radius 1 is 1.16 bits per heavy atom. The van der Waals surface area contributed by atoms with E-state index < -0.39 is 0 Å². The third-order valence-electron chi connectivity index (χ3n) is 4.40. The fraction of sp³-hybridized carbons (Fsp3) is 0.238. The SMILES string of the molecule is COc1ccc2cc(C(=O)NCC(C)c3ccccc3)c(C)nc2c1. The number of carbonyl (C=O) groups excluding carboxylic acids is 1. The van der Waals surface area contributed by atoms with Crippen molar-refractivity contribution in [1.29, 1.82) is 0 Å². The minimum Gasteiger partial charge on any atom is -0.497 e. The smallest absolute Gasteiger partial charge is 0.253 e. The van der Waals surface area contributed by atoms with Crippen molar-refractivity contribution in [2.75, 3.05) is 13.7 Å². The molecular weight excluding hydrogens is 312 g/mol. The largest absolute Gasteiger partial charge is 0.497 e. The Hall–Kier alpha value is -2.88. The van der Waals surface area contributed by atoms with Crippen molar-refractivity contribution in [3.63, 3.8) is 0 Å². The molecule has 0 bridgehead atoms. The molecule has 1 amide bonds. The van der Waals surface area contributed by atoms with Crippen LogP contribution in [0.15, 0.2) is 54.6 Å². The van der Waals surface area contributed by atoms with E-state index in [1.165, 1.54) is 5.56 Å². The third kappa shape index (κ3) is 3.79. The van der Waals surface area contributed by atoms with Crippen LogP contribution in [-0.2, 0) is 0 Å². The van der Waals surface area contributed by atoms with Gasteiger partial charge in [-0.15, -0.1) is 0 Å². The number of pyridine rings is 1. The Kier molecular flexibility index (Phi) is 4.98. The van der Waals surface area contributed by atoms with Gasteiger partial charge in [0.05, 0.1) is 23.9 Å². The molecule has 0 spiro atoms. The van der Waals surface area contributed by atoms with Gasteiger partial charge in [-0.1, -0.05) is 37.3 Å². The summed E-state index contributed by atoms with van der Waals surface area (Å²) in [4.78, 5) is 17.1. The summed E-state index contributed by atoms with van der Waals surface area (Å²) < 4.78 is 5.23. The molecule has 0 aliphatic heterocycles. The van der Waals surface area contributed by atoms with Gasteiger partial charge in [0.1, 0.15) is 5.75 Å². The standard InChI is InChI=1S/C21H22N2O2/c1-14(16-7-5-4-6-8-16)13-22-21(24)19-11-17-9-10-18(25-3)12-20(17)23-15(19)2/h4-12,14H,13H2,1-3H3,(H,22,24). The predicted molar refractivity (Wildman–Crippen MR) is 100 cm³/mol. The summed E-state index contributed by atoms with van der Waals surface area (Å²) in [6, 6.07) is 17.7. The number of hydrogen-bond donors (Lipinski definition) is 1. The molecule has 1 aromatic heterocycles. The number of benzene rings is 2. The molecular formula is C21H22N2O2. The van der Waals surface area contributed by atoms with Gasteiger partial charge in [0.15, 0.2) is 0 Å². The van der Waals surface area contributed by atoms with Gasteiger partial charge in [0.25, 0.3) is 5.91 Å². The summed E-state index contributed by atoms with van der Waals surface area (Å²) in [5, 5.41) is 3.95. The first kappa shape index (κ1) is 17.0. The molecule has 4 nitrogen and oxygen atoms in total. The Balaban J connectivity index is 1.76. The molecule has 1 N–H and O–H groups in total. The monoisotopic (exact) mass is 334 g/mol. The van der Waals surface area contributed by atoms with E-state index >= 15 is 0 Å². The second-order valence-electron chi connectivity index (χ2n) is 6.20. The molecule has 0 fully saturated rings. The maximum atomic E-state index is 12.6. The van der Waals surface area contributed by atoms with Crippen molar-refractivity contribution in [3.05, 3.63) is 71.4 Å². The second-order valence-corrected chi connectivity index (χ2v) is 6.20. The second kappa shape index (κ2) is 7.34. The number of aromatic nitrogens is 1. The van der Waals surface area contributed by atoms with Gasteiger partial charge in [-0.2, -0.15) is 0 Å². The molecule has 1 atom stereocenters. The number of nitrogens with one attached hydrogen (secondary N) is 1. The highest BCUT2D eigenvalue weighted by atomic mass is 16.5. The number of rotatable bonds is 5. The normalized spacial score (nSPS) is 12.0. The number of methoxy groups -OCH3 is 1. The zero-order valence-corrected chi connectivity index (χ0v) is 14.7. The van der Waals surface area contributed by atoms with Gasteiger partial charge in [0, 0.05) is 18.0 Å². The van der Waals surface area contributed by atoms with Crippen LogP contribution in [0.5, 0.6) is 5.75 Å². The highest BCUT2D eigenvalue weighted by Gasteiger charge is 2.13. The highest BCUT2D eigenvalue weighted by Crippen LogP contribution is 2.22. The zero-order chi connectivity index (χ0) is 17.8. The predicted octanol–water partition coefficient (Wildman–Crippen LogP) is 4.09. The molecule has 128 valence electrons. The maximum Gasteiger partial charge on any atom is 0.253 e.